The van der Waals surface area contributed by atoms with Crippen molar-refractivity contribution in [3.63, 3.8) is 0 Å². The van der Waals surface area contributed by atoms with Crippen molar-refractivity contribution < 1.29 is 9.47 Å². The van der Waals surface area contributed by atoms with Gasteiger partial charge in [0.05, 0.1) is 6.61 Å². The molecule has 3 heteroatoms. The third-order valence-electron chi connectivity index (χ3n) is 4.94. The summed E-state index contributed by atoms with van der Waals surface area (Å²) in [4.78, 5) is 0. The first kappa shape index (κ1) is 12.4. The molecule has 0 N–H and O–H groups in total. The Hall–Kier alpha value is 0.390. The highest BCUT2D eigenvalue weighted by molar-refractivity contribution is 14.1. The maximum absolute atomic E-state index is 5.80. The lowest BCUT2D eigenvalue weighted by atomic mass is 9.71. The quantitative estimate of drug-likeness (QED) is 0.670. The van der Waals surface area contributed by atoms with Crippen molar-refractivity contribution in [2.45, 2.75) is 45.8 Å². The van der Waals surface area contributed by atoms with Crippen molar-refractivity contribution in [3.05, 3.63) is 9.15 Å². The van der Waals surface area contributed by atoms with Crippen molar-refractivity contribution in [2.24, 2.45) is 16.7 Å². The van der Waals surface area contributed by atoms with Gasteiger partial charge < -0.3 is 9.47 Å². The highest BCUT2D eigenvalue weighted by atomic mass is 127. The van der Waals surface area contributed by atoms with Crippen LogP contribution in [0.2, 0.25) is 0 Å². The molecule has 2 aliphatic carbocycles. The molecule has 0 aromatic heterocycles. The summed E-state index contributed by atoms with van der Waals surface area (Å²) in [5, 5.41) is 0. The zero-order chi connectivity index (χ0) is 12.3. The average molecular weight is 348 g/mol. The predicted molar refractivity (Wildman–Crippen MR) is 76.0 cm³/mol. The predicted octanol–water partition coefficient (Wildman–Crippen LogP) is 3.89. The van der Waals surface area contributed by atoms with Gasteiger partial charge in [-0.05, 0) is 62.3 Å². The van der Waals surface area contributed by atoms with E-state index in [0.717, 1.165) is 18.9 Å². The molecule has 2 fully saturated rings. The number of methoxy groups -OCH3 is 1. The van der Waals surface area contributed by atoms with Crippen molar-refractivity contribution >= 4 is 22.6 Å². The van der Waals surface area contributed by atoms with Gasteiger partial charge in [-0.25, -0.2) is 0 Å². The Morgan fingerprint density at radius 1 is 1.35 bits per heavy atom. The smallest absolute Gasteiger partial charge is 0.158 e. The molecule has 3 atom stereocenters. The lowest BCUT2D eigenvalue weighted by molar-refractivity contribution is -0.160. The molecule has 17 heavy (non-hydrogen) atoms. The van der Waals surface area contributed by atoms with Gasteiger partial charge in [-0.15, -0.1) is 0 Å². The van der Waals surface area contributed by atoms with Crippen LogP contribution in [0.25, 0.3) is 0 Å². The van der Waals surface area contributed by atoms with Crippen LogP contribution < -0.4 is 0 Å². The van der Waals surface area contributed by atoms with E-state index in [4.69, 9.17) is 9.47 Å². The van der Waals surface area contributed by atoms with Crippen LogP contribution in [0.3, 0.4) is 0 Å². The Labute approximate surface area is 117 Å². The third kappa shape index (κ3) is 1.80. The molecular formula is C14H21IO2. The molecule has 1 saturated heterocycles. The van der Waals surface area contributed by atoms with Crippen LogP contribution in [0, 0.1) is 16.7 Å². The van der Waals surface area contributed by atoms with E-state index >= 15 is 0 Å². The Kier molecular flexibility index (Phi) is 2.88. The summed E-state index contributed by atoms with van der Waals surface area (Å²) in [5.41, 5.74) is 2.49. The van der Waals surface area contributed by atoms with Crippen LogP contribution in [-0.2, 0) is 9.47 Å². The molecule has 0 radical (unpaired) electrons. The monoisotopic (exact) mass is 348 g/mol. The number of allylic oxidation sites excluding steroid dienone is 1. The van der Waals surface area contributed by atoms with Gasteiger partial charge in [0.2, 0.25) is 0 Å². The van der Waals surface area contributed by atoms with Crippen LogP contribution in [-0.4, -0.2) is 20.0 Å². The minimum Gasteiger partial charge on any atom is -0.356 e. The first-order valence-corrected chi connectivity index (χ1v) is 7.57. The summed E-state index contributed by atoms with van der Waals surface area (Å²) < 4.78 is 12.8. The summed E-state index contributed by atoms with van der Waals surface area (Å²) in [6, 6.07) is 0. The molecule has 0 aromatic rings. The first-order chi connectivity index (χ1) is 7.97. The second kappa shape index (κ2) is 3.94. The summed E-state index contributed by atoms with van der Waals surface area (Å²) in [6.07, 6.45) is 5.03. The number of rotatable bonds is 1. The minimum atomic E-state index is 0.0115. The van der Waals surface area contributed by atoms with Gasteiger partial charge in [0, 0.05) is 18.9 Å². The highest BCUT2D eigenvalue weighted by Crippen LogP contribution is 2.66. The molecule has 1 saturated carbocycles. The van der Waals surface area contributed by atoms with E-state index in [1.807, 2.05) is 0 Å². The molecule has 3 aliphatic rings. The third-order valence-corrected chi connectivity index (χ3v) is 6.03. The lowest BCUT2D eigenvalue weighted by Gasteiger charge is -2.41. The first-order valence-electron chi connectivity index (χ1n) is 6.49. The van der Waals surface area contributed by atoms with Gasteiger partial charge in [0.15, 0.2) is 6.29 Å². The SMILES string of the molecule is CO[C@@H]1C[C@]23CC(C)(C)C[C@H]2CC(I)=C3CO1. The largest absolute Gasteiger partial charge is 0.356 e. The molecule has 2 nitrogen and oxygen atoms in total. The Morgan fingerprint density at radius 3 is 2.82 bits per heavy atom. The second-order valence-electron chi connectivity index (χ2n) is 6.67. The van der Waals surface area contributed by atoms with Crippen LogP contribution >= 0.6 is 22.6 Å². The zero-order valence-corrected chi connectivity index (χ0v) is 13.0. The number of hydrogen-bond acceptors (Lipinski definition) is 2. The minimum absolute atomic E-state index is 0.0115. The zero-order valence-electron chi connectivity index (χ0n) is 10.9. The molecular weight excluding hydrogens is 327 g/mol. The fourth-order valence-corrected chi connectivity index (χ4v) is 5.66. The maximum atomic E-state index is 5.80. The van der Waals surface area contributed by atoms with Gasteiger partial charge in [0.25, 0.3) is 0 Å². The van der Waals surface area contributed by atoms with Gasteiger partial charge in [-0.2, -0.15) is 0 Å². The van der Waals surface area contributed by atoms with Crippen molar-refractivity contribution in [2.75, 3.05) is 13.7 Å². The van der Waals surface area contributed by atoms with Crippen LogP contribution in [0.4, 0.5) is 0 Å². The molecule has 1 heterocycles. The van der Waals surface area contributed by atoms with E-state index in [-0.39, 0.29) is 6.29 Å². The summed E-state index contributed by atoms with van der Waals surface area (Å²) in [5.74, 6) is 0.834. The highest BCUT2D eigenvalue weighted by Gasteiger charge is 2.58. The van der Waals surface area contributed by atoms with E-state index in [2.05, 4.69) is 36.4 Å². The average Bonchev–Trinajstić information content (AvgIpc) is 2.62. The standard InChI is InChI=1S/C14H21IO2/c1-13(2)5-9-4-11(15)10-7-17-12(16-3)6-14(9,10)8-13/h9,12H,4-8H2,1-3H3/t9-,12+,14+/m1/s1. The number of ether oxygens (including phenoxy) is 2. The Bertz CT molecular complexity index is 374. The molecule has 96 valence electrons. The van der Waals surface area contributed by atoms with Crippen molar-refractivity contribution in [3.8, 4) is 0 Å². The Morgan fingerprint density at radius 2 is 2.12 bits per heavy atom. The second-order valence-corrected chi connectivity index (χ2v) is 7.97. The van der Waals surface area contributed by atoms with Crippen LogP contribution in [0.5, 0.6) is 0 Å². The van der Waals surface area contributed by atoms with E-state index in [1.54, 1.807) is 16.3 Å². The van der Waals surface area contributed by atoms with E-state index in [1.165, 1.54) is 19.3 Å². The molecule has 1 aliphatic heterocycles. The summed E-state index contributed by atoms with van der Waals surface area (Å²) in [7, 11) is 1.77. The Balaban J connectivity index is 1.97. The summed E-state index contributed by atoms with van der Waals surface area (Å²) >= 11 is 2.54. The fraction of sp³-hybridized carbons (Fsp3) is 0.857. The van der Waals surface area contributed by atoms with Crippen LogP contribution in [0.15, 0.2) is 9.15 Å². The number of halogens is 1. The van der Waals surface area contributed by atoms with Crippen LogP contribution in [0.1, 0.15) is 39.5 Å². The lowest BCUT2D eigenvalue weighted by Crippen LogP contribution is -2.38. The van der Waals surface area contributed by atoms with E-state index in [0.29, 0.717) is 10.8 Å². The van der Waals surface area contributed by atoms with Gasteiger partial charge in [-0.3, -0.25) is 0 Å². The molecule has 3 rings (SSSR count). The van der Waals surface area contributed by atoms with Gasteiger partial charge >= 0.3 is 0 Å². The van der Waals surface area contributed by atoms with E-state index in [9.17, 15) is 0 Å². The molecule has 0 aromatic carbocycles. The molecule has 1 spiro atoms. The molecule has 0 amide bonds. The maximum Gasteiger partial charge on any atom is 0.158 e. The normalized spacial score (nSPS) is 43.8. The van der Waals surface area contributed by atoms with Gasteiger partial charge in [-0.1, -0.05) is 13.8 Å². The fourth-order valence-electron chi connectivity index (χ4n) is 4.43. The topological polar surface area (TPSA) is 18.5 Å². The number of hydrogen-bond donors (Lipinski definition) is 0. The van der Waals surface area contributed by atoms with Crippen molar-refractivity contribution in [1.29, 1.82) is 0 Å². The molecule has 0 unspecified atom stereocenters. The summed E-state index contributed by atoms with van der Waals surface area (Å²) in [6.45, 7) is 5.63. The molecule has 0 bridgehead atoms. The van der Waals surface area contributed by atoms with Gasteiger partial charge in [0.1, 0.15) is 0 Å². The van der Waals surface area contributed by atoms with Crippen molar-refractivity contribution in [1.82, 2.24) is 0 Å². The van der Waals surface area contributed by atoms with E-state index < -0.39 is 0 Å².